The third-order valence-electron chi connectivity index (χ3n) is 6.09. The first kappa shape index (κ1) is 24.5. The van der Waals surface area contributed by atoms with Gasteiger partial charge in [0.1, 0.15) is 12.6 Å². The summed E-state index contributed by atoms with van der Waals surface area (Å²) in [6.45, 7) is 6.27. The molecule has 1 aromatic rings. The fourth-order valence-electron chi connectivity index (χ4n) is 4.28. The Morgan fingerprint density at radius 2 is 2.09 bits per heavy atom. The number of anilines is 2. The smallest absolute Gasteiger partial charge is 0.265 e. The number of ether oxygens (including phenoxy) is 1. The molecule has 0 spiro atoms. The van der Waals surface area contributed by atoms with Crippen LogP contribution in [-0.4, -0.2) is 62.1 Å². The van der Waals surface area contributed by atoms with E-state index in [1.165, 1.54) is 23.5 Å². The molecular formula is C23H34F2N4O3. The van der Waals surface area contributed by atoms with Crippen molar-refractivity contribution in [2.24, 2.45) is 17.6 Å². The molecule has 1 atom stereocenters. The van der Waals surface area contributed by atoms with Crippen LogP contribution in [0.3, 0.4) is 0 Å². The number of amides is 2. The minimum absolute atomic E-state index is 0.133. The Hall–Kier alpha value is -2.10. The first-order chi connectivity index (χ1) is 15.3. The molecule has 9 heteroatoms. The SMILES string of the molecule is CC(C)CN(CC1CCC1)[C@H](CN)C(=O)Nc1ccc(N2CCOCC2=O)c(C(F)F)c1. The molecule has 2 aliphatic rings. The fraction of sp³-hybridized carbons (Fsp3) is 0.652. The minimum Gasteiger partial charge on any atom is -0.370 e. The van der Waals surface area contributed by atoms with E-state index in [4.69, 9.17) is 10.5 Å². The lowest BCUT2D eigenvalue weighted by molar-refractivity contribution is -0.125. The van der Waals surface area contributed by atoms with E-state index in [9.17, 15) is 18.4 Å². The maximum Gasteiger partial charge on any atom is 0.265 e. The second-order valence-corrected chi connectivity index (χ2v) is 9.06. The highest BCUT2D eigenvalue weighted by Crippen LogP contribution is 2.33. The summed E-state index contributed by atoms with van der Waals surface area (Å²) in [4.78, 5) is 28.6. The highest BCUT2D eigenvalue weighted by atomic mass is 19.3. The number of alkyl halides is 2. The van der Waals surface area contributed by atoms with Crippen molar-refractivity contribution in [3.8, 4) is 0 Å². The molecule has 1 aliphatic heterocycles. The molecule has 2 fully saturated rings. The largest absolute Gasteiger partial charge is 0.370 e. The van der Waals surface area contributed by atoms with Gasteiger partial charge in [0, 0.05) is 37.4 Å². The van der Waals surface area contributed by atoms with Gasteiger partial charge in [-0.25, -0.2) is 8.78 Å². The van der Waals surface area contributed by atoms with Gasteiger partial charge < -0.3 is 20.7 Å². The molecule has 1 aromatic carbocycles. The van der Waals surface area contributed by atoms with E-state index < -0.39 is 12.5 Å². The van der Waals surface area contributed by atoms with Crippen LogP contribution >= 0.6 is 0 Å². The lowest BCUT2D eigenvalue weighted by Gasteiger charge is -2.37. The maximum atomic E-state index is 13.8. The Morgan fingerprint density at radius 3 is 2.66 bits per heavy atom. The van der Waals surface area contributed by atoms with Crippen molar-refractivity contribution in [1.82, 2.24) is 4.90 Å². The molecule has 0 aromatic heterocycles. The molecule has 1 heterocycles. The zero-order chi connectivity index (χ0) is 23.3. The van der Waals surface area contributed by atoms with E-state index in [0.717, 1.165) is 25.9 Å². The monoisotopic (exact) mass is 452 g/mol. The van der Waals surface area contributed by atoms with Crippen LogP contribution in [-0.2, 0) is 14.3 Å². The number of nitrogens with one attached hydrogen (secondary N) is 1. The number of morpholine rings is 1. The van der Waals surface area contributed by atoms with Crippen molar-refractivity contribution in [2.45, 2.75) is 45.6 Å². The van der Waals surface area contributed by atoms with Crippen molar-refractivity contribution in [1.29, 1.82) is 0 Å². The number of benzene rings is 1. The second-order valence-electron chi connectivity index (χ2n) is 9.06. The standard InChI is InChI=1S/C23H34F2N4O3/c1-15(2)12-28(13-16-4-3-5-16)20(11-26)23(31)27-17-6-7-19(18(10-17)22(24)25)29-8-9-32-14-21(29)30/h6-7,10,15-16,20,22H,3-5,8-9,11-14,26H2,1-2H3,(H,27,31)/t20-/m1/s1. The van der Waals surface area contributed by atoms with Crippen molar-refractivity contribution in [3.63, 3.8) is 0 Å². The number of nitrogens with zero attached hydrogens (tertiary/aromatic N) is 2. The van der Waals surface area contributed by atoms with E-state index in [0.29, 0.717) is 11.8 Å². The molecule has 3 N–H and O–H groups in total. The Bertz CT molecular complexity index is 801. The van der Waals surface area contributed by atoms with E-state index in [1.807, 2.05) is 0 Å². The lowest BCUT2D eigenvalue weighted by atomic mass is 9.84. The summed E-state index contributed by atoms with van der Waals surface area (Å²) in [6.07, 6.45) is 0.743. The topological polar surface area (TPSA) is 87.9 Å². The van der Waals surface area contributed by atoms with Crippen molar-refractivity contribution in [2.75, 3.05) is 49.6 Å². The molecule has 3 rings (SSSR count). The van der Waals surface area contributed by atoms with Crippen molar-refractivity contribution >= 4 is 23.2 Å². The Morgan fingerprint density at radius 1 is 1.34 bits per heavy atom. The predicted octanol–water partition coefficient (Wildman–Crippen LogP) is 3.01. The predicted molar refractivity (Wildman–Crippen MR) is 120 cm³/mol. The normalized spacial score (nSPS) is 18.4. The number of nitrogens with two attached hydrogens (primary N) is 1. The van der Waals surface area contributed by atoms with Gasteiger partial charge in [0.15, 0.2) is 0 Å². The Balaban J connectivity index is 1.77. The van der Waals surface area contributed by atoms with Crippen LogP contribution in [0.1, 0.15) is 45.1 Å². The third-order valence-corrected chi connectivity index (χ3v) is 6.09. The van der Waals surface area contributed by atoms with Gasteiger partial charge in [-0.3, -0.25) is 14.5 Å². The lowest BCUT2D eigenvalue weighted by Crippen LogP contribution is -2.52. The van der Waals surface area contributed by atoms with Crippen LogP contribution in [0.4, 0.5) is 20.2 Å². The van der Waals surface area contributed by atoms with Crippen LogP contribution < -0.4 is 16.0 Å². The molecular weight excluding hydrogens is 418 g/mol. The Labute approximate surface area is 188 Å². The summed E-state index contributed by atoms with van der Waals surface area (Å²) in [7, 11) is 0. The van der Waals surface area contributed by atoms with E-state index >= 15 is 0 Å². The summed E-state index contributed by atoms with van der Waals surface area (Å²) in [6, 6.07) is 3.72. The van der Waals surface area contributed by atoms with Gasteiger partial charge in [-0.2, -0.15) is 0 Å². The highest BCUT2D eigenvalue weighted by Gasteiger charge is 2.30. The Kier molecular flexibility index (Phi) is 8.56. The van der Waals surface area contributed by atoms with Gasteiger partial charge in [-0.05, 0) is 42.9 Å². The zero-order valence-corrected chi connectivity index (χ0v) is 18.9. The molecule has 1 aliphatic carbocycles. The average Bonchev–Trinajstić information content (AvgIpc) is 2.71. The van der Waals surface area contributed by atoms with Gasteiger partial charge in [-0.15, -0.1) is 0 Å². The number of halogens is 2. The maximum absolute atomic E-state index is 13.8. The summed E-state index contributed by atoms with van der Waals surface area (Å²) in [5.41, 5.74) is 6.09. The molecule has 0 unspecified atom stereocenters. The number of carbonyl (C=O) groups is 2. The summed E-state index contributed by atoms with van der Waals surface area (Å²) in [5.74, 6) is 0.278. The molecule has 0 radical (unpaired) electrons. The molecule has 1 saturated heterocycles. The molecule has 2 amide bonds. The second kappa shape index (κ2) is 11.2. The number of hydrogen-bond acceptors (Lipinski definition) is 5. The van der Waals surface area contributed by atoms with Gasteiger partial charge in [0.25, 0.3) is 12.3 Å². The molecule has 1 saturated carbocycles. The van der Waals surface area contributed by atoms with E-state index in [-0.39, 0.29) is 55.1 Å². The summed E-state index contributed by atoms with van der Waals surface area (Å²) >= 11 is 0. The number of hydrogen-bond donors (Lipinski definition) is 2. The summed E-state index contributed by atoms with van der Waals surface area (Å²) < 4.78 is 32.7. The van der Waals surface area contributed by atoms with Crippen LogP contribution in [0.2, 0.25) is 0 Å². The first-order valence-corrected chi connectivity index (χ1v) is 11.3. The van der Waals surface area contributed by atoms with Gasteiger partial charge in [0.2, 0.25) is 5.91 Å². The molecule has 178 valence electrons. The number of carbonyl (C=O) groups excluding carboxylic acids is 2. The molecule has 7 nitrogen and oxygen atoms in total. The number of rotatable bonds is 10. The van der Waals surface area contributed by atoms with Gasteiger partial charge in [0.05, 0.1) is 12.3 Å². The van der Waals surface area contributed by atoms with Crippen LogP contribution in [0.25, 0.3) is 0 Å². The fourth-order valence-corrected chi connectivity index (χ4v) is 4.28. The first-order valence-electron chi connectivity index (χ1n) is 11.3. The summed E-state index contributed by atoms with van der Waals surface area (Å²) in [5, 5.41) is 2.77. The quantitative estimate of drug-likeness (QED) is 0.570. The zero-order valence-electron chi connectivity index (χ0n) is 18.9. The molecule has 32 heavy (non-hydrogen) atoms. The van der Waals surface area contributed by atoms with E-state index in [2.05, 4.69) is 24.1 Å². The van der Waals surface area contributed by atoms with Crippen LogP contribution in [0, 0.1) is 11.8 Å². The highest BCUT2D eigenvalue weighted by molar-refractivity contribution is 5.97. The van der Waals surface area contributed by atoms with Gasteiger partial charge in [-0.1, -0.05) is 20.3 Å². The molecule has 0 bridgehead atoms. The van der Waals surface area contributed by atoms with E-state index in [1.54, 1.807) is 6.07 Å². The average molecular weight is 453 g/mol. The third kappa shape index (κ3) is 6.02. The minimum atomic E-state index is -2.79. The van der Waals surface area contributed by atoms with Gasteiger partial charge >= 0.3 is 0 Å². The van der Waals surface area contributed by atoms with Crippen molar-refractivity contribution in [3.05, 3.63) is 23.8 Å². The van der Waals surface area contributed by atoms with Crippen LogP contribution in [0.5, 0.6) is 0 Å². The van der Waals surface area contributed by atoms with Crippen LogP contribution in [0.15, 0.2) is 18.2 Å². The van der Waals surface area contributed by atoms with Crippen molar-refractivity contribution < 1.29 is 23.1 Å².